The summed E-state index contributed by atoms with van der Waals surface area (Å²) >= 11 is 0. The molecule has 0 saturated carbocycles. The van der Waals surface area contributed by atoms with Crippen LogP contribution in [0.2, 0.25) is 0 Å². The number of benzene rings is 2. The van der Waals surface area contributed by atoms with Crippen molar-refractivity contribution in [3.63, 3.8) is 0 Å². The van der Waals surface area contributed by atoms with Crippen LogP contribution in [0.25, 0.3) is 6.08 Å². The second-order valence-electron chi connectivity index (χ2n) is 8.22. The first-order chi connectivity index (χ1) is 17.3. The summed E-state index contributed by atoms with van der Waals surface area (Å²) in [6.45, 7) is 0.468. The summed E-state index contributed by atoms with van der Waals surface area (Å²) in [5, 5.41) is 3.32. The Morgan fingerprint density at radius 3 is 2.11 bits per heavy atom. The Hall–Kier alpha value is -3.58. The number of hydrogen-bond donors (Lipinski definition) is 2. The minimum atomic E-state index is -5.16. The molecule has 208 valence electrons. The van der Waals surface area contributed by atoms with Crippen LogP contribution in [-0.4, -0.2) is 36.8 Å². The van der Waals surface area contributed by atoms with Crippen LogP contribution in [0.5, 0.6) is 0 Å². The fraction of sp³-hybridized carbons (Fsp3) is 0.333. The molecule has 2 unspecified atom stereocenters. The lowest BCUT2D eigenvalue weighted by Crippen LogP contribution is -2.47. The van der Waals surface area contributed by atoms with Gasteiger partial charge in [0.05, 0.1) is 17.0 Å². The third-order valence-electron chi connectivity index (χ3n) is 5.17. The van der Waals surface area contributed by atoms with Crippen LogP contribution in [0.3, 0.4) is 0 Å². The fourth-order valence-corrected chi connectivity index (χ4v) is 3.26. The number of hydrogen-bond acceptors (Lipinski definition) is 2. The van der Waals surface area contributed by atoms with Crippen molar-refractivity contribution in [2.24, 2.45) is 0 Å². The maximum absolute atomic E-state index is 13.6. The van der Waals surface area contributed by atoms with Crippen LogP contribution in [-0.2, 0) is 11.0 Å². The molecule has 0 spiro atoms. The molecule has 0 aromatic heterocycles. The van der Waals surface area contributed by atoms with E-state index in [1.54, 1.807) is 0 Å². The number of nitrogens with one attached hydrogen (secondary N) is 2. The van der Waals surface area contributed by atoms with E-state index in [2.05, 4.69) is 0 Å². The summed E-state index contributed by atoms with van der Waals surface area (Å²) < 4.78 is 132. The summed E-state index contributed by atoms with van der Waals surface area (Å²) in [7, 11) is 0. The first kappa shape index (κ1) is 30.6. The molecule has 14 heteroatoms. The minimum absolute atomic E-state index is 0.0683. The first-order valence-corrected chi connectivity index (χ1v) is 10.7. The molecule has 2 rings (SSSR count). The van der Waals surface area contributed by atoms with Gasteiger partial charge in [0.1, 0.15) is 18.4 Å². The van der Waals surface area contributed by atoms with Crippen molar-refractivity contribution < 1.29 is 53.5 Å². The lowest BCUT2D eigenvalue weighted by Gasteiger charge is -2.19. The summed E-state index contributed by atoms with van der Waals surface area (Å²) in [5.41, 5.74) is -3.34. The van der Waals surface area contributed by atoms with Crippen LogP contribution in [0.1, 0.15) is 45.5 Å². The van der Waals surface area contributed by atoms with Gasteiger partial charge < -0.3 is 10.6 Å². The second-order valence-corrected chi connectivity index (χ2v) is 8.22. The zero-order valence-electron chi connectivity index (χ0n) is 19.6. The van der Waals surface area contributed by atoms with E-state index in [0.29, 0.717) is 18.2 Å². The molecular weight excluding hydrogens is 538 g/mol. The van der Waals surface area contributed by atoms with Gasteiger partial charge in [0.2, 0.25) is 5.91 Å². The maximum Gasteiger partial charge on any atom is 0.417 e. The standard InChI is InChI=1S/C24H20F10N2O2/c1-12-9-15(5-8-19(12)25)17(23(29,30)31)7-4-14-3-6-16(18(10-14)24(32,33)34)21(38)36-13(2)20(37)35-11-22(26,27)28/h3-10,13,17H,11H2,1-2H3,(H,35,37)(H,36,38). The summed E-state index contributed by atoms with van der Waals surface area (Å²) in [6, 6.07) is 3.02. The van der Waals surface area contributed by atoms with Gasteiger partial charge in [0.25, 0.3) is 5.91 Å². The molecule has 2 aromatic carbocycles. The van der Waals surface area contributed by atoms with Gasteiger partial charge in [-0.3, -0.25) is 9.59 Å². The highest BCUT2D eigenvalue weighted by Crippen LogP contribution is 2.38. The monoisotopic (exact) mass is 558 g/mol. The molecule has 2 N–H and O–H groups in total. The number of carbonyl (C=O) groups is 2. The first-order valence-electron chi connectivity index (χ1n) is 10.7. The molecule has 38 heavy (non-hydrogen) atoms. The van der Waals surface area contributed by atoms with Gasteiger partial charge in [-0.15, -0.1) is 0 Å². The summed E-state index contributed by atoms with van der Waals surface area (Å²) in [6.07, 6.45) is -13.4. The van der Waals surface area contributed by atoms with E-state index in [1.165, 1.54) is 12.2 Å². The van der Waals surface area contributed by atoms with E-state index in [0.717, 1.165) is 37.3 Å². The van der Waals surface area contributed by atoms with Crippen LogP contribution in [0.15, 0.2) is 42.5 Å². The van der Waals surface area contributed by atoms with Crippen molar-refractivity contribution in [3.05, 3.63) is 76.1 Å². The topological polar surface area (TPSA) is 58.2 Å². The highest BCUT2D eigenvalue weighted by molar-refractivity contribution is 5.99. The average Bonchev–Trinajstić information content (AvgIpc) is 2.77. The molecule has 0 bridgehead atoms. The predicted octanol–water partition coefficient (Wildman–Crippen LogP) is 6.31. The van der Waals surface area contributed by atoms with Gasteiger partial charge in [-0.1, -0.05) is 30.4 Å². The fourth-order valence-electron chi connectivity index (χ4n) is 3.26. The lowest BCUT2D eigenvalue weighted by atomic mass is 9.95. The van der Waals surface area contributed by atoms with Gasteiger partial charge in [-0.25, -0.2) is 4.39 Å². The molecule has 2 aromatic rings. The number of carbonyl (C=O) groups excluding carboxylic acids is 2. The van der Waals surface area contributed by atoms with Gasteiger partial charge in [-0.2, -0.15) is 39.5 Å². The summed E-state index contributed by atoms with van der Waals surface area (Å²) in [5.74, 6) is -5.78. The van der Waals surface area contributed by atoms with Crippen molar-refractivity contribution in [1.29, 1.82) is 0 Å². The molecule has 0 radical (unpaired) electrons. The molecule has 0 fully saturated rings. The minimum Gasteiger partial charge on any atom is -0.345 e. The van der Waals surface area contributed by atoms with Crippen molar-refractivity contribution in [2.45, 2.75) is 44.3 Å². The Balaban J connectivity index is 2.34. The van der Waals surface area contributed by atoms with E-state index in [9.17, 15) is 53.5 Å². The molecule has 0 saturated heterocycles. The van der Waals surface area contributed by atoms with Crippen LogP contribution in [0.4, 0.5) is 43.9 Å². The van der Waals surface area contributed by atoms with Crippen molar-refractivity contribution >= 4 is 17.9 Å². The highest BCUT2D eigenvalue weighted by atomic mass is 19.4. The molecular formula is C24H20F10N2O2. The van der Waals surface area contributed by atoms with Crippen LogP contribution >= 0.6 is 0 Å². The number of halogens is 10. The van der Waals surface area contributed by atoms with E-state index >= 15 is 0 Å². The predicted molar refractivity (Wildman–Crippen MR) is 116 cm³/mol. The zero-order chi connectivity index (χ0) is 29.1. The number of allylic oxidation sites excluding steroid dienone is 1. The number of amides is 2. The smallest absolute Gasteiger partial charge is 0.345 e. The lowest BCUT2D eigenvalue weighted by molar-refractivity contribution is -0.139. The highest BCUT2D eigenvalue weighted by Gasteiger charge is 2.39. The Morgan fingerprint density at radius 2 is 1.58 bits per heavy atom. The number of aryl methyl sites for hydroxylation is 1. The second kappa shape index (κ2) is 11.4. The Bertz CT molecular complexity index is 1200. The largest absolute Gasteiger partial charge is 0.417 e. The molecule has 4 nitrogen and oxygen atoms in total. The van der Waals surface area contributed by atoms with E-state index < -0.39 is 65.8 Å². The Labute approximate surface area is 209 Å². The van der Waals surface area contributed by atoms with Gasteiger partial charge in [0, 0.05) is 0 Å². The van der Waals surface area contributed by atoms with Crippen molar-refractivity contribution in [2.75, 3.05) is 6.54 Å². The molecule has 0 aliphatic rings. The number of alkyl halides is 9. The molecule has 0 heterocycles. The molecule has 0 aliphatic heterocycles. The molecule has 2 amide bonds. The average molecular weight is 558 g/mol. The quantitative estimate of drug-likeness (QED) is 0.392. The summed E-state index contributed by atoms with van der Waals surface area (Å²) in [4.78, 5) is 24.1. The van der Waals surface area contributed by atoms with Crippen LogP contribution < -0.4 is 10.6 Å². The van der Waals surface area contributed by atoms with Gasteiger partial charge in [-0.05, 0) is 48.7 Å². The molecule has 2 atom stereocenters. The normalized spacial score (nSPS) is 14.3. The Kier molecular flexibility index (Phi) is 9.22. The van der Waals surface area contributed by atoms with E-state index in [-0.39, 0.29) is 16.7 Å². The van der Waals surface area contributed by atoms with E-state index in [1.807, 2.05) is 5.32 Å². The van der Waals surface area contributed by atoms with Gasteiger partial charge >= 0.3 is 18.5 Å². The maximum atomic E-state index is 13.6. The third kappa shape index (κ3) is 8.48. The van der Waals surface area contributed by atoms with Crippen LogP contribution in [0, 0.1) is 12.7 Å². The Morgan fingerprint density at radius 1 is 0.947 bits per heavy atom. The van der Waals surface area contributed by atoms with Crippen molar-refractivity contribution in [1.82, 2.24) is 10.6 Å². The van der Waals surface area contributed by atoms with E-state index in [4.69, 9.17) is 0 Å². The van der Waals surface area contributed by atoms with Crippen molar-refractivity contribution in [3.8, 4) is 0 Å². The third-order valence-corrected chi connectivity index (χ3v) is 5.17. The van der Waals surface area contributed by atoms with Gasteiger partial charge in [0.15, 0.2) is 0 Å². The molecule has 0 aliphatic carbocycles. The number of rotatable bonds is 7. The SMILES string of the molecule is Cc1cc(C(C=Cc2ccc(C(=O)NC(C)C(=O)NCC(F)(F)F)c(C(F)(F)F)c2)C(F)(F)F)ccc1F. The zero-order valence-corrected chi connectivity index (χ0v) is 19.6.